The van der Waals surface area contributed by atoms with Gasteiger partial charge in [0.2, 0.25) is 0 Å². The molecule has 0 atom stereocenters. The average Bonchev–Trinajstić information content (AvgIpc) is 2.99. The third-order valence-electron chi connectivity index (χ3n) is 2.95. The van der Waals surface area contributed by atoms with Crippen molar-refractivity contribution in [3.05, 3.63) is 40.2 Å². The van der Waals surface area contributed by atoms with Crippen LogP contribution < -0.4 is 10.4 Å². The number of aromatic nitrogens is 2. The Morgan fingerprint density at radius 3 is 2.82 bits per heavy atom. The fourth-order valence-corrected chi connectivity index (χ4v) is 4.36. The van der Waals surface area contributed by atoms with Gasteiger partial charge in [-0.15, -0.1) is 10.2 Å². The molecule has 3 rings (SSSR count). The largest absolute Gasteiger partial charge is 0.497 e. The molecule has 5 nitrogen and oxygen atoms in total. The minimum Gasteiger partial charge on any atom is -0.497 e. The van der Waals surface area contributed by atoms with E-state index in [9.17, 15) is 4.79 Å². The Morgan fingerprint density at radius 1 is 1.27 bits per heavy atom. The van der Waals surface area contributed by atoms with E-state index in [4.69, 9.17) is 9.15 Å². The van der Waals surface area contributed by atoms with Crippen molar-refractivity contribution in [1.29, 1.82) is 0 Å². The third-order valence-corrected chi connectivity index (χ3v) is 6.03. The van der Waals surface area contributed by atoms with E-state index in [0.717, 1.165) is 19.6 Å². The number of fused-ring (bicyclic) bond motifs is 1. The molecule has 0 fully saturated rings. The van der Waals surface area contributed by atoms with Gasteiger partial charge in [-0.05, 0) is 24.0 Å². The van der Waals surface area contributed by atoms with Crippen LogP contribution in [0.3, 0.4) is 0 Å². The molecule has 0 saturated heterocycles. The lowest BCUT2D eigenvalue weighted by atomic mass is 10.1. The van der Waals surface area contributed by atoms with E-state index in [1.165, 1.54) is 6.07 Å². The van der Waals surface area contributed by atoms with E-state index < -0.39 is 0 Å². The topological polar surface area (TPSA) is 65.2 Å². The lowest BCUT2D eigenvalue weighted by Crippen LogP contribution is -2.00. The van der Waals surface area contributed by atoms with Gasteiger partial charge in [0.1, 0.15) is 11.3 Å². The molecule has 0 amide bonds. The highest BCUT2D eigenvalue weighted by molar-refractivity contribution is 8.02. The van der Waals surface area contributed by atoms with E-state index in [2.05, 4.69) is 10.2 Å². The van der Waals surface area contributed by atoms with Crippen molar-refractivity contribution >= 4 is 45.8 Å². The van der Waals surface area contributed by atoms with E-state index in [1.54, 1.807) is 48.0 Å². The van der Waals surface area contributed by atoms with Gasteiger partial charge in [0, 0.05) is 23.3 Å². The van der Waals surface area contributed by atoms with Crippen LogP contribution >= 0.6 is 34.9 Å². The normalized spacial score (nSPS) is 11.0. The molecule has 0 aliphatic carbocycles. The molecule has 2 aromatic heterocycles. The van der Waals surface area contributed by atoms with Gasteiger partial charge in [-0.25, -0.2) is 4.79 Å². The van der Waals surface area contributed by atoms with E-state index >= 15 is 0 Å². The van der Waals surface area contributed by atoms with Crippen molar-refractivity contribution in [2.75, 3.05) is 13.4 Å². The Kier molecular flexibility index (Phi) is 4.70. The van der Waals surface area contributed by atoms with Crippen molar-refractivity contribution in [2.24, 2.45) is 0 Å². The molecule has 2 heterocycles. The summed E-state index contributed by atoms with van der Waals surface area (Å²) in [5, 5.41) is 9.09. The van der Waals surface area contributed by atoms with Gasteiger partial charge < -0.3 is 9.15 Å². The predicted molar refractivity (Wildman–Crippen MR) is 90.3 cm³/mol. The van der Waals surface area contributed by atoms with Gasteiger partial charge in [-0.1, -0.05) is 34.9 Å². The predicted octanol–water partition coefficient (Wildman–Crippen LogP) is 3.67. The molecule has 0 bridgehead atoms. The summed E-state index contributed by atoms with van der Waals surface area (Å²) in [6.45, 7) is 0. The Hall–Kier alpha value is -1.51. The Morgan fingerprint density at radius 2 is 2.09 bits per heavy atom. The third kappa shape index (κ3) is 3.29. The molecule has 22 heavy (non-hydrogen) atoms. The summed E-state index contributed by atoms with van der Waals surface area (Å²) >= 11 is 4.69. The molecule has 0 unspecified atom stereocenters. The highest BCUT2D eigenvalue weighted by Crippen LogP contribution is 2.31. The maximum absolute atomic E-state index is 11.7. The zero-order valence-corrected chi connectivity index (χ0v) is 14.3. The van der Waals surface area contributed by atoms with Crippen LogP contribution in [-0.4, -0.2) is 23.6 Å². The number of hydrogen-bond acceptors (Lipinski definition) is 8. The van der Waals surface area contributed by atoms with Crippen molar-refractivity contribution in [2.45, 2.75) is 14.4 Å². The monoisotopic (exact) mass is 352 g/mol. The SMILES string of the molecule is COc1ccc2c(CSc3nnc(SC)s3)cc(=O)oc2c1. The Bertz CT molecular complexity index is 860. The van der Waals surface area contributed by atoms with Crippen LogP contribution in [0.2, 0.25) is 0 Å². The van der Waals surface area contributed by atoms with Gasteiger partial charge in [-0.3, -0.25) is 0 Å². The van der Waals surface area contributed by atoms with Crippen molar-refractivity contribution in [3.8, 4) is 5.75 Å². The van der Waals surface area contributed by atoms with Crippen LogP contribution in [0.1, 0.15) is 5.56 Å². The van der Waals surface area contributed by atoms with Crippen LogP contribution in [0.25, 0.3) is 11.0 Å². The maximum Gasteiger partial charge on any atom is 0.336 e. The lowest BCUT2D eigenvalue weighted by molar-refractivity contribution is 0.414. The molecule has 0 saturated carbocycles. The van der Waals surface area contributed by atoms with Gasteiger partial charge in [-0.2, -0.15) is 0 Å². The zero-order valence-electron chi connectivity index (χ0n) is 11.9. The average molecular weight is 352 g/mol. The number of thioether (sulfide) groups is 2. The molecule has 1 aromatic carbocycles. The van der Waals surface area contributed by atoms with Gasteiger partial charge in [0.05, 0.1) is 7.11 Å². The second kappa shape index (κ2) is 6.72. The molecule has 0 N–H and O–H groups in total. The maximum atomic E-state index is 11.7. The van der Waals surface area contributed by atoms with Crippen molar-refractivity contribution in [3.63, 3.8) is 0 Å². The molecule has 3 aromatic rings. The molecular formula is C14H12N2O3S3. The fourth-order valence-electron chi connectivity index (χ4n) is 1.93. The number of methoxy groups -OCH3 is 1. The van der Waals surface area contributed by atoms with Gasteiger partial charge >= 0.3 is 5.63 Å². The molecule has 0 aliphatic rings. The summed E-state index contributed by atoms with van der Waals surface area (Å²) in [4.78, 5) is 11.7. The van der Waals surface area contributed by atoms with E-state index in [0.29, 0.717) is 17.1 Å². The second-order valence-corrected chi connectivity index (χ2v) is 7.53. The molecule has 8 heteroatoms. The van der Waals surface area contributed by atoms with E-state index in [-0.39, 0.29) is 5.63 Å². The molecule has 0 spiro atoms. The minimum absolute atomic E-state index is 0.363. The Balaban J connectivity index is 1.90. The molecule has 114 valence electrons. The number of hydrogen-bond donors (Lipinski definition) is 0. The summed E-state index contributed by atoms with van der Waals surface area (Å²) < 4.78 is 12.2. The smallest absolute Gasteiger partial charge is 0.336 e. The molecule has 0 aliphatic heterocycles. The van der Waals surface area contributed by atoms with Crippen LogP contribution in [0.15, 0.2) is 42.2 Å². The van der Waals surface area contributed by atoms with Gasteiger partial charge in [0.15, 0.2) is 8.68 Å². The van der Waals surface area contributed by atoms with Gasteiger partial charge in [0.25, 0.3) is 0 Å². The number of ether oxygens (including phenoxy) is 1. The van der Waals surface area contributed by atoms with Crippen molar-refractivity contribution < 1.29 is 9.15 Å². The summed E-state index contributed by atoms with van der Waals surface area (Å²) in [6.07, 6.45) is 1.97. The summed E-state index contributed by atoms with van der Waals surface area (Å²) in [6, 6.07) is 7.01. The number of benzene rings is 1. The number of rotatable bonds is 5. The summed E-state index contributed by atoms with van der Waals surface area (Å²) in [5.74, 6) is 1.30. The minimum atomic E-state index is -0.363. The van der Waals surface area contributed by atoms with E-state index in [1.807, 2.05) is 18.4 Å². The van der Waals surface area contributed by atoms with Crippen LogP contribution in [0, 0.1) is 0 Å². The van der Waals surface area contributed by atoms with Crippen molar-refractivity contribution in [1.82, 2.24) is 10.2 Å². The van der Waals surface area contributed by atoms with Crippen LogP contribution in [0.4, 0.5) is 0 Å². The number of nitrogens with zero attached hydrogens (tertiary/aromatic N) is 2. The molecule has 0 radical (unpaired) electrons. The summed E-state index contributed by atoms with van der Waals surface area (Å²) in [7, 11) is 1.58. The first-order valence-corrected chi connectivity index (χ1v) is 9.33. The van der Waals surface area contributed by atoms with Crippen LogP contribution in [-0.2, 0) is 5.75 Å². The molecular weight excluding hydrogens is 340 g/mol. The first-order chi connectivity index (χ1) is 10.7. The second-order valence-electron chi connectivity index (χ2n) is 4.28. The first-order valence-electron chi connectivity index (χ1n) is 6.30. The van der Waals surface area contributed by atoms with Crippen LogP contribution in [0.5, 0.6) is 5.75 Å². The summed E-state index contributed by atoms with van der Waals surface area (Å²) in [5.41, 5.74) is 1.09. The zero-order chi connectivity index (χ0) is 15.5. The highest BCUT2D eigenvalue weighted by atomic mass is 32.2. The highest BCUT2D eigenvalue weighted by Gasteiger charge is 2.10. The fraction of sp³-hybridized carbons (Fsp3) is 0.214. The quantitative estimate of drug-likeness (QED) is 0.513. The first kappa shape index (κ1) is 15.4. The Labute approximate surface area is 139 Å². The standard InChI is InChI=1S/C14H12N2O3S3/c1-18-9-3-4-10-8(5-12(17)19-11(10)6-9)7-21-14-16-15-13(20-2)22-14/h3-6H,7H2,1-2H3. The lowest BCUT2D eigenvalue weighted by Gasteiger charge is -2.05.